The minimum atomic E-state index is -0.0460. The van der Waals surface area contributed by atoms with Crippen LogP contribution >= 0.6 is 11.8 Å². The fraction of sp³-hybridized carbons (Fsp3) is 0.385. The summed E-state index contributed by atoms with van der Waals surface area (Å²) in [5.41, 5.74) is 0. The molecule has 1 aromatic carbocycles. The van der Waals surface area contributed by atoms with Gasteiger partial charge in [0.2, 0.25) is 11.8 Å². The van der Waals surface area contributed by atoms with Crippen molar-refractivity contribution in [2.24, 2.45) is 0 Å². The molecular weight excluding hydrogens is 250 g/mol. The fourth-order valence-electron chi connectivity index (χ4n) is 1.80. The number of hydrogen-bond acceptors (Lipinski definition) is 4. The van der Waals surface area contributed by atoms with Crippen LogP contribution in [0, 0.1) is 0 Å². The smallest absolute Gasteiger partial charge is 0.229 e. The number of hydrogen-bond donors (Lipinski definition) is 0. The zero-order valence-corrected chi connectivity index (χ0v) is 11.0. The van der Waals surface area contributed by atoms with Gasteiger partial charge in [-0.2, -0.15) is 0 Å². The highest BCUT2D eigenvalue weighted by atomic mass is 32.2. The zero-order chi connectivity index (χ0) is 13.0. The van der Waals surface area contributed by atoms with Crippen molar-refractivity contribution in [1.82, 2.24) is 4.90 Å². The Kier molecular flexibility index (Phi) is 4.25. The first-order chi connectivity index (χ1) is 8.70. The molecule has 0 spiro atoms. The molecule has 5 heteroatoms. The van der Waals surface area contributed by atoms with Crippen molar-refractivity contribution in [3.63, 3.8) is 0 Å². The number of amides is 2. The number of ether oxygens (including phenoxy) is 1. The first-order valence-electron chi connectivity index (χ1n) is 5.81. The molecule has 0 unspecified atom stereocenters. The van der Waals surface area contributed by atoms with E-state index in [1.165, 1.54) is 4.90 Å². The molecule has 0 N–H and O–H groups in total. The molecule has 1 aliphatic heterocycles. The maximum Gasteiger partial charge on any atom is 0.229 e. The van der Waals surface area contributed by atoms with Crippen molar-refractivity contribution < 1.29 is 14.3 Å². The number of carbonyl (C=O) groups is 2. The predicted molar refractivity (Wildman–Crippen MR) is 69.7 cm³/mol. The van der Waals surface area contributed by atoms with Crippen LogP contribution in [-0.2, 0) is 9.59 Å². The summed E-state index contributed by atoms with van der Waals surface area (Å²) in [6, 6.07) is 7.73. The first-order valence-corrected chi connectivity index (χ1v) is 6.79. The Labute approximate surface area is 110 Å². The zero-order valence-electron chi connectivity index (χ0n) is 10.2. The molecule has 1 aromatic rings. The summed E-state index contributed by atoms with van der Waals surface area (Å²) in [6.45, 7) is 0.494. The monoisotopic (exact) mass is 265 g/mol. The number of thioether (sulfide) groups is 1. The van der Waals surface area contributed by atoms with E-state index < -0.39 is 0 Å². The van der Waals surface area contributed by atoms with Gasteiger partial charge in [-0.15, -0.1) is 11.8 Å². The molecule has 0 atom stereocenters. The lowest BCUT2D eigenvalue weighted by Gasteiger charge is -2.13. The van der Waals surface area contributed by atoms with Gasteiger partial charge in [-0.25, -0.2) is 0 Å². The Morgan fingerprint density at radius 1 is 1.17 bits per heavy atom. The van der Waals surface area contributed by atoms with E-state index in [9.17, 15) is 9.59 Å². The number of carbonyl (C=O) groups excluding carboxylic acids is 2. The molecule has 1 fully saturated rings. The van der Waals surface area contributed by atoms with Crippen LogP contribution in [0.5, 0.6) is 5.75 Å². The third kappa shape index (κ3) is 3.04. The summed E-state index contributed by atoms with van der Waals surface area (Å²) in [7, 11) is 1.63. The van der Waals surface area contributed by atoms with Crippen molar-refractivity contribution in [2.75, 3.05) is 19.4 Å². The van der Waals surface area contributed by atoms with Gasteiger partial charge in [0.25, 0.3) is 0 Å². The van der Waals surface area contributed by atoms with Crippen molar-refractivity contribution in [3.05, 3.63) is 24.3 Å². The topological polar surface area (TPSA) is 46.6 Å². The summed E-state index contributed by atoms with van der Waals surface area (Å²) >= 11 is 1.63. The molecular formula is C13H15NO3S. The average molecular weight is 265 g/mol. The first kappa shape index (κ1) is 13.0. The van der Waals surface area contributed by atoms with Gasteiger partial charge in [0, 0.05) is 30.0 Å². The van der Waals surface area contributed by atoms with E-state index >= 15 is 0 Å². The number of rotatable bonds is 5. The fourth-order valence-corrected chi connectivity index (χ4v) is 2.64. The van der Waals surface area contributed by atoms with Gasteiger partial charge in [0.05, 0.1) is 7.11 Å². The summed E-state index contributed by atoms with van der Waals surface area (Å²) in [5, 5.41) is 0. The molecule has 2 amide bonds. The van der Waals surface area contributed by atoms with Gasteiger partial charge in [-0.3, -0.25) is 14.5 Å². The van der Waals surface area contributed by atoms with E-state index in [2.05, 4.69) is 0 Å². The van der Waals surface area contributed by atoms with Crippen molar-refractivity contribution in [2.45, 2.75) is 17.7 Å². The number of methoxy groups -OCH3 is 1. The molecule has 0 radical (unpaired) electrons. The molecule has 1 heterocycles. The minimum absolute atomic E-state index is 0.0460. The van der Waals surface area contributed by atoms with Crippen LogP contribution in [-0.4, -0.2) is 36.1 Å². The Hall–Kier alpha value is -1.49. The minimum Gasteiger partial charge on any atom is -0.497 e. The highest BCUT2D eigenvalue weighted by molar-refractivity contribution is 7.99. The van der Waals surface area contributed by atoms with Crippen LogP contribution in [0.25, 0.3) is 0 Å². The third-order valence-corrected chi connectivity index (χ3v) is 3.79. The number of imide groups is 1. The largest absolute Gasteiger partial charge is 0.497 e. The van der Waals surface area contributed by atoms with Gasteiger partial charge in [0.1, 0.15) is 5.75 Å². The molecule has 2 rings (SSSR count). The highest BCUT2D eigenvalue weighted by Gasteiger charge is 2.27. The van der Waals surface area contributed by atoms with Crippen LogP contribution < -0.4 is 4.74 Å². The SMILES string of the molecule is COc1ccc(SCCN2C(=O)CCC2=O)cc1. The third-order valence-electron chi connectivity index (χ3n) is 2.80. The average Bonchev–Trinajstić information content (AvgIpc) is 2.71. The highest BCUT2D eigenvalue weighted by Crippen LogP contribution is 2.22. The molecule has 1 saturated heterocycles. The molecule has 0 aromatic heterocycles. The van der Waals surface area contributed by atoms with E-state index in [0.29, 0.717) is 19.4 Å². The summed E-state index contributed by atoms with van der Waals surface area (Å²) in [6.07, 6.45) is 0.734. The quantitative estimate of drug-likeness (QED) is 0.603. The van der Waals surface area contributed by atoms with E-state index in [1.54, 1.807) is 18.9 Å². The van der Waals surface area contributed by atoms with Gasteiger partial charge in [0.15, 0.2) is 0 Å². The maximum absolute atomic E-state index is 11.4. The van der Waals surface area contributed by atoms with Gasteiger partial charge in [-0.05, 0) is 24.3 Å². The van der Waals surface area contributed by atoms with E-state index in [-0.39, 0.29) is 11.8 Å². The second-order valence-electron chi connectivity index (χ2n) is 3.96. The van der Waals surface area contributed by atoms with Crippen LogP contribution in [0.15, 0.2) is 29.2 Å². The number of nitrogens with zero attached hydrogens (tertiary/aromatic N) is 1. The van der Waals surface area contributed by atoms with Crippen LogP contribution in [0.1, 0.15) is 12.8 Å². The second-order valence-corrected chi connectivity index (χ2v) is 5.13. The Balaban J connectivity index is 1.81. The number of benzene rings is 1. The van der Waals surface area contributed by atoms with E-state index in [0.717, 1.165) is 16.4 Å². The van der Waals surface area contributed by atoms with Crippen molar-refractivity contribution in [1.29, 1.82) is 0 Å². The molecule has 0 saturated carbocycles. The summed E-state index contributed by atoms with van der Waals surface area (Å²) in [4.78, 5) is 25.2. The Morgan fingerprint density at radius 2 is 1.78 bits per heavy atom. The van der Waals surface area contributed by atoms with Crippen molar-refractivity contribution in [3.8, 4) is 5.75 Å². The molecule has 4 nitrogen and oxygen atoms in total. The van der Waals surface area contributed by atoms with Gasteiger partial charge >= 0.3 is 0 Å². The lowest BCUT2D eigenvalue weighted by Crippen LogP contribution is -2.31. The standard InChI is InChI=1S/C13H15NO3S/c1-17-10-2-4-11(5-3-10)18-9-8-14-12(15)6-7-13(14)16/h2-5H,6-9H2,1H3. The molecule has 0 bridgehead atoms. The lowest BCUT2D eigenvalue weighted by atomic mass is 10.3. The molecule has 18 heavy (non-hydrogen) atoms. The van der Waals surface area contributed by atoms with Gasteiger partial charge in [-0.1, -0.05) is 0 Å². The molecule has 1 aliphatic rings. The summed E-state index contributed by atoms with van der Waals surface area (Å²) in [5.74, 6) is 1.46. The maximum atomic E-state index is 11.4. The van der Waals surface area contributed by atoms with Crippen LogP contribution in [0.2, 0.25) is 0 Å². The van der Waals surface area contributed by atoms with Crippen LogP contribution in [0.3, 0.4) is 0 Å². The number of likely N-dealkylation sites (tertiary alicyclic amines) is 1. The van der Waals surface area contributed by atoms with Gasteiger partial charge < -0.3 is 4.74 Å². The normalized spacial score (nSPS) is 15.3. The van der Waals surface area contributed by atoms with Crippen LogP contribution in [0.4, 0.5) is 0 Å². The van der Waals surface area contributed by atoms with E-state index in [1.807, 2.05) is 24.3 Å². The predicted octanol–water partition coefficient (Wildman–Crippen LogP) is 1.94. The molecule has 96 valence electrons. The Morgan fingerprint density at radius 3 is 2.33 bits per heavy atom. The molecule has 0 aliphatic carbocycles. The lowest BCUT2D eigenvalue weighted by molar-refractivity contribution is -0.137. The van der Waals surface area contributed by atoms with E-state index in [4.69, 9.17) is 4.74 Å². The summed E-state index contributed by atoms with van der Waals surface area (Å²) < 4.78 is 5.08. The Bertz CT molecular complexity index is 428. The second kappa shape index (κ2) is 5.91. The van der Waals surface area contributed by atoms with Crippen molar-refractivity contribution >= 4 is 23.6 Å².